The van der Waals surface area contributed by atoms with Crippen molar-refractivity contribution in [1.29, 1.82) is 0 Å². The number of hydrogen-bond acceptors (Lipinski definition) is 8. The van der Waals surface area contributed by atoms with Gasteiger partial charge in [0.1, 0.15) is 12.1 Å². The van der Waals surface area contributed by atoms with E-state index in [0.717, 1.165) is 38.5 Å². The summed E-state index contributed by atoms with van der Waals surface area (Å²) in [5.74, 6) is -1.91. The molecule has 0 aromatic heterocycles. The van der Waals surface area contributed by atoms with Crippen LogP contribution < -0.4 is 10.6 Å². The predicted octanol–water partition coefficient (Wildman–Crippen LogP) is 12.6. The van der Waals surface area contributed by atoms with E-state index in [4.69, 9.17) is 0 Å². The minimum absolute atomic E-state index is 0.164. The van der Waals surface area contributed by atoms with Gasteiger partial charge in [-0.15, -0.1) is 0 Å². The molecular formula is C42H80N2O6S4. The van der Waals surface area contributed by atoms with Crippen LogP contribution in [-0.4, -0.2) is 68.1 Å². The van der Waals surface area contributed by atoms with Crippen molar-refractivity contribution in [1.82, 2.24) is 10.6 Å². The summed E-state index contributed by atoms with van der Waals surface area (Å²) in [5, 5.41) is 25.1. The zero-order chi connectivity index (χ0) is 40.1. The first kappa shape index (κ1) is 53.3. The van der Waals surface area contributed by atoms with Gasteiger partial charge < -0.3 is 20.8 Å². The molecule has 54 heavy (non-hydrogen) atoms. The van der Waals surface area contributed by atoms with Crippen LogP contribution in [-0.2, 0) is 19.2 Å². The quantitative estimate of drug-likeness (QED) is 0.0348. The lowest BCUT2D eigenvalue weighted by Gasteiger charge is -2.20. The summed E-state index contributed by atoms with van der Waals surface area (Å²) < 4.78 is 0. The largest absolute Gasteiger partial charge is 0.480 e. The van der Waals surface area contributed by atoms with Gasteiger partial charge in [0.25, 0.3) is 0 Å². The van der Waals surface area contributed by atoms with E-state index in [0.29, 0.717) is 12.8 Å². The summed E-state index contributed by atoms with van der Waals surface area (Å²) in [4.78, 5) is 48.5. The number of carbonyl (C=O) groups is 4. The van der Waals surface area contributed by atoms with Gasteiger partial charge >= 0.3 is 11.9 Å². The SMILES string of the molecule is CCCCCCCCCCCCCCCC(=O)NC(CSSC(C)C(C)SSCC(NC(=O)CCCCCCCCCCCCCCC)C(=O)O)C(=O)O. The molecule has 0 radical (unpaired) electrons. The van der Waals surface area contributed by atoms with E-state index in [2.05, 4.69) is 38.3 Å². The monoisotopic (exact) mass is 836 g/mol. The van der Waals surface area contributed by atoms with Crippen molar-refractivity contribution in [2.24, 2.45) is 0 Å². The van der Waals surface area contributed by atoms with Crippen LogP contribution in [0.25, 0.3) is 0 Å². The van der Waals surface area contributed by atoms with Gasteiger partial charge in [-0.05, 0) is 12.8 Å². The summed E-state index contributed by atoms with van der Waals surface area (Å²) >= 11 is 0. The smallest absolute Gasteiger partial charge is 0.327 e. The van der Waals surface area contributed by atoms with Crippen molar-refractivity contribution < 1.29 is 29.4 Å². The summed E-state index contributed by atoms with van der Waals surface area (Å²) in [7, 11) is 6.02. The molecule has 4 N–H and O–H groups in total. The number of carboxylic acids is 2. The maximum atomic E-state index is 12.4. The molecule has 0 heterocycles. The number of unbranched alkanes of at least 4 members (excludes halogenated alkanes) is 24. The molecule has 0 aromatic rings. The average Bonchev–Trinajstić information content (AvgIpc) is 3.14. The van der Waals surface area contributed by atoms with Gasteiger partial charge in [-0.1, -0.05) is 225 Å². The first-order chi connectivity index (χ1) is 26.1. The van der Waals surface area contributed by atoms with Gasteiger partial charge in [0.15, 0.2) is 0 Å². The first-order valence-corrected chi connectivity index (χ1v) is 26.5. The van der Waals surface area contributed by atoms with E-state index >= 15 is 0 Å². The van der Waals surface area contributed by atoms with Crippen LogP contribution in [0.4, 0.5) is 0 Å². The highest BCUT2D eigenvalue weighted by molar-refractivity contribution is 8.78. The van der Waals surface area contributed by atoms with Gasteiger partial charge in [-0.25, -0.2) is 9.59 Å². The van der Waals surface area contributed by atoms with Crippen LogP contribution in [0, 0.1) is 0 Å². The highest BCUT2D eigenvalue weighted by atomic mass is 33.1. The van der Waals surface area contributed by atoms with Crippen molar-refractivity contribution >= 4 is 66.9 Å². The van der Waals surface area contributed by atoms with Crippen LogP contribution in [0.15, 0.2) is 0 Å². The van der Waals surface area contributed by atoms with E-state index in [1.54, 1.807) is 21.6 Å². The number of hydrogen-bond donors (Lipinski definition) is 4. The summed E-state index contributed by atoms with van der Waals surface area (Å²) in [6.45, 7) is 8.62. The Morgan fingerprint density at radius 2 is 0.667 bits per heavy atom. The molecule has 0 bridgehead atoms. The van der Waals surface area contributed by atoms with Crippen LogP contribution >= 0.6 is 43.2 Å². The van der Waals surface area contributed by atoms with Crippen molar-refractivity contribution in [3.05, 3.63) is 0 Å². The van der Waals surface area contributed by atoms with E-state index in [1.807, 2.05) is 0 Å². The Bertz CT molecular complexity index is 859. The van der Waals surface area contributed by atoms with Crippen LogP contribution in [0.1, 0.15) is 207 Å². The van der Waals surface area contributed by atoms with Gasteiger partial charge in [-0.3, -0.25) is 9.59 Å². The topological polar surface area (TPSA) is 133 Å². The fourth-order valence-electron chi connectivity index (χ4n) is 6.07. The molecule has 0 aliphatic carbocycles. The number of amides is 2. The second-order valence-corrected chi connectivity index (χ2v) is 20.7. The Hall–Kier alpha value is -0.720. The van der Waals surface area contributed by atoms with E-state index in [-0.39, 0.29) is 33.8 Å². The van der Waals surface area contributed by atoms with E-state index < -0.39 is 24.0 Å². The molecule has 0 fully saturated rings. The third-order valence-electron chi connectivity index (χ3n) is 9.85. The standard InChI is InChI=1S/C42H80N2O6S4/c1-5-7-9-11-13-15-17-19-21-23-25-27-29-31-39(45)43-37(41(47)48)33-51-53-35(3)36(4)54-52-34-38(42(49)50)44-40(46)32-30-28-26-24-22-20-18-16-14-12-10-8-6-2/h35-38H,5-34H2,1-4H3,(H,43,45)(H,44,46)(H,47,48)(H,49,50). The molecule has 0 aliphatic heterocycles. The summed E-state index contributed by atoms with van der Waals surface area (Å²) in [6.07, 6.45) is 32.9. The van der Waals surface area contributed by atoms with E-state index in [9.17, 15) is 29.4 Å². The molecule has 0 spiro atoms. The second kappa shape index (κ2) is 39.1. The van der Waals surface area contributed by atoms with Crippen molar-refractivity contribution in [3.8, 4) is 0 Å². The van der Waals surface area contributed by atoms with Gasteiger partial charge in [0, 0.05) is 34.8 Å². The number of carboxylic acid groups (broad SMARTS) is 2. The van der Waals surface area contributed by atoms with Gasteiger partial charge in [-0.2, -0.15) is 0 Å². The Kier molecular flexibility index (Phi) is 38.6. The highest BCUT2D eigenvalue weighted by Crippen LogP contribution is 2.38. The van der Waals surface area contributed by atoms with Crippen LogP contribution in [0.5, 0.6) is 0 Å². The zero-order valence-corrected chi connectivity index (χ0v) is 37.9. The lowest BCUT2D eigenvalue weighted by atomic mass is 10.0. The zero-order valence-electron chi connectivity index (χ0n) is 34.7. The third-order valence-corrected chi connectivity index (χ3v) is 16.1. The molecule has 0 saturated carbocycles. The van der Waals surface area contributed by atoms with Gasteiger partial charge in [0.2, 0.25) is 11.8 Å². The van der Waals surface area contributed by atoms with Crippen LogP contribution in [0.2, 0.25) is 0 Å². The molecule has 0 aliphatic rings. The molecule has 0 aromatic carbocycles. The first-order valence-electron chi connectivity index (χ1n) is 21.7. The minimum Gasteiger partial charge on any atom is -0.480 e. The molecule has 4 atom stereocenters. The summed E-state index contributed by atoms with van der Waals surface area (Å²) in [5.41, 5.74) is 0. The molecule has 318 valence electrons. The third kappa shape index (κ3) is 34.5. The fraction of sp³-hybridized carbons (Fsp3) is 0.905. The molecular weight excluding hydrogens is 757 g/mol. The number of aliphatic carboxylic acids is 2. The molecule has 0 rings (SSSR count). The Morgan fingerprint density at radius 3 is 0.907 bits per heavy atom. The molecule has 12 heteroatoms. The lowest BCUT2D eigenvalue weighted by Crippen LogP contribution is -2.42. The van der Waals surface area contributed by atoms with Gasteiger partial charge in [0.05, 0.1) is 0 Å². The van der Waals surface area contributed by atoms with Crippen molar-refractivity contribution in [3.63, 3.8) is 0 Å². The molecule has 8 nitrogen and oxygen atoms in total. The van der Waals surface area contributed by atoms with E-state index in [1.165, 1.54) is 150 Å². The van der Waals surface area contributed by atoms with Crippen molar-refractivity contribution in [2.45, 2.75) is 230 Å². The Balaban J connectivity index is 4.05. The lowest BCUT2D eigenvalue weighted by molar-refractivity contribution is -0.141. The maximum Gasteiger partial charge on any atom is 0.327 e. The second-order valence-electron chi connectivity index (χ2n) is 15.1. The Morgan fingerprint density at radius 1 is 0.426 bits per heavy atom. The fourth-order valence-corrected chi connectivity index (χ4v) is 12.0. The van der Waals surface area contributed by atoms with Crippen LogP contribution in [0.3, 0.4) is 0 Å². The molecule has 4 unspecified atom stereocenters. The number of carbonyl (C=O) groups excluding carboxylic acids is 2. The average molecular weight is 837 g/mol. The minimum atomic E-state index is -1.02. The predicted molar refractivity (Wildman–Crippen MR) is 239 cm³/mol. The molecule has 2 amide bonds. The highest BCUT2D eigenvalue weighted by Gasteiger charge is 2.24. The molecule has 0 saturated heterocycles. The maximum absolute atomic E-state index is 12.4. The number of nitrogens with one attached hydrogen (secondary N) is 2. The number of rotatable bonds is 41. The van der Waals surface area contributed by atoms with Crippen molar-refractivity contribution in [2.75, 3.05) is 11.5 Å². The normalized spacial score (nSPS) is 13.6. The summed E-state index contributed by atoms with van der Waals surface area (Å²) in [6, 6.07) is -1.86. The Labute approximate surface area is 346 Å².